The highest BCUT2D eigenvalue weighted by molar-refractivity contribution is 6.33. The summed E-state index contributed by atoms with van der Waals surface area (Å²) < 4.78 is 78.8. The number of halogens is 7. The Morgan fingerprint density at radius 2 is 1.85 bits per heavy atom. The quantitative estimate of drug-likeness (QED) is 0.459. The lowest BCUT2D eigenvalue weighted by molar-refractivity contribution is -0.137. The fraction of sp³-hybridized carbons (Fsp3) is 0.143. The molecule has 1 heterocycles. The molecule has 0 aliphatic heterocycles. The van der Waals surface area contributed by atoms with E-state index in [1.165, 1.54) is 0 Å². The Morgan fingerprint density at radius 3 is 2.38 bits per heavy atom. The largest absolute Gasteiger partial charge is 0.417 e. The molecule has 12 heteroatoms. The molecule has 5 nitrogen and oxygen atoms in total. The Labute approximate surface area is 146 Å². The van der Waals surface area contributed by atoms with Gasteiger partial charge in [0.1, 0.15) is 5.82 Å². The maximum Gasteiger partial charge on any atom is 0.417 e. The number of nitrogens with one attached hydrogen (secondary N) is 2. The van der Waals surface area contributed by atoms with Crippen LogP contribution in [0.1, 0.15) is 15.9 Å². The van der Waals surface area contributed by atoms with Crippen molar-refractivity contribution in [2.45, 2.75) is 6.18 Å². The lowest BCUT2D eigenvalue weighted by Crippen LogP contribution is -2.24. The molecule has 0 fully saturated rings. The van der Waals surface area contributed by atoms with E-state index < -0.39 is 57.2 Å². The highest BCUT2D eigenvalue weighted by Crippen LogP contribution is 2.34. The predicted molar refractivity (Wildman–Crippen MR) is 78.3 cm³/mol. The van der Waals surface area contributed by atoms with Crippen LogP contribution < -0.4 is 10.8 Å². The number of rotatable bonds is 4. The molecule has 0 saturated carbocycles. The molecular weight excluding hydrogens is 392 g/mol. The third-order valence-electron chi connectivity index (χ3n) is 3.01. The molecule has 0 radical (unpaired) electrons. The van der Waals surface area contributed by atoms with Crippen molar-refractivity contribution >= 4 is 29.0 Å². The maximum absolute atomic E-state index is 14.1. The van der Waals surface area contributed by atoms with E-state index in [1.807, 2.05) is 0 Å². The highest BCUT2D eigenvalue weighted by Gasteiger charge is 2.32. The number of anilines is 2. The van der Waals surface area contributed by atoms with Crippen molar-refractivity contribution in [1.29, 1.82) is 0 Å². The first-order valence-corrected chi connectivity index (χ1v) is 6.94. The smallest absolute Gasteiger partial charge is 0.336 e. The number of pyridine rings is 1. The summed E-state index contributed by atoms with van der Waals surface area (Å²) in [5.41, 5.74) is -1.05. The van der Waals surface area contributed by atoms with Crippen LogP contribution in [-0.4, -0.2) is 18.0 Å². The summed E-state index contributed by atoms with van der Waals surface area (Å²) in [6, 6.07) is 0.858. The van der Waals surface area contributed by atoms with Gasteiger partial charge in [0.15, 0.2) is 17.5 Å². The fourth-order valence-electron chi connectivity index (χ4n) is 1.85. The Balaban J connectivity index is 2.52. The summed E-state index contributed by atoms with van der Waals surface area (Å²) in [7, 11) is 1.04. The molecule has 2 N–H and O–H groups in total. The SMILES string of the molecule is CONC(=O)c1cc(F)c(F)c(F)c1Nc1ncc(C(F)(F)F)cc1Cl. The highest BCUT2D eigenvalue weighted by atomic mass is 35.5. The number of aromatic nitrogens is 1. The van der Waals surface area contributed by atoms with Crippen LogP contribution in [0.2, 0.25) is 5.02 Å². The Morgan fingerprint density at radius 1 is 1.19 bits per heavy atom. The van der Waals surface area contributed by atoms with E-state index in [1.54, 1.807) is 5.48 Å². The lowest BCUT2D eigenvalue weighted by atomic mass is 10.1. The molecular formula is C14H8ClF6N3O2. The van der Waals surface area contributed by atoms with Crippen molar-refractivity contribution in [2.24, 2.45) is 0 Å². The number of benzene rings is 1. The second-order valence-electron chi connectivity index (χ2n) is 4.72. The van der Waals surface area contributed by atoms with Crippen molar-refractivity contribution < 1.29 is 36.0 Å². The van der Waals surface area contributed by atoms with Crippen LogP contribution in [-0.2, 0) is 11.0 Å². The van der Waals surface area contributed by atoms with Gasteiger partial charge in [0.05, 0.1) is 28.9 Å². The topological polar surface area (TPSA) is 63.2 Å². The van der Waals surface area contributed by atoms with Crippen LogP contribution in [0.15, 0.2) is 18.3 Å². The molecule has 0 saturated heterocycles. The second kappa shape index (κ2) is 7.38. The first kappa shape index (κ1) is 19.8. The molecule has 0 unspecified atom stereocenters. The Hall–Kier alpha value is -2.53. The van der Waals surface area contributed by atoms with Crippen molar-refractivity contribution in [3.63, 3.8) is 0 Å². The standard InChI is InChI=1S/C14H8ClF6N3O2/c1-26-24-13(25)6-3-8(16)9(17)10(18)11(6)23-12-7(15)2-5(4-22-12)14(19,20)21/h2-4H,1H3,(H,22,23)(H,24,25). The van der Waals surface area contributed by atoms with Crippen LogP contribution in [0.3, 0.4) is 0 Å². The van der Waals surface area contributed by atoms with E-state index in [4.69, 9.17) is 11.6 Å². The van der Waals surface area contributed by atoms with Crippen LogP contribution in [0, 0.1) is 17.5 Å². The number of alkyl halides is 3. The zero-order chi connectivity index (χ0) is 19.6. The van der Waals surface area contributed by atoms with Gasteiger partial charge in [0.25, 0.3) is 5.91 Å². The van der Waals surface area contributed by atoms with Gasteiger partial charge >= 0.3 is 6.18 Å². The molecule has 0 atom stereocenters. The number of nitrogens with zero attached hydrogens (tertiary/aromatic N) is 1. The van der Waals surface area contributed by atoms with E-state index >= 15 is 0 Å². The number of hydrogen-bond acceptors (Lipinski definition) is 4. The summed E-state index contributed by atoms with van der Waals surface area (Å²) >= 11 is 5.66. The molecule has 2 aromatic rings. The van der Waals surface area contributed by atoms with Gasteiger partial charge in [-0.25, -0.2) is 23.6 Å². The molecule has 26 heavy (non-hydrogen) atoms. The van der Waals surface area contributed by atoms with Crippen LogP contribution in [0.25, 0.3) is 0 Å². The van der Waals surface area contributed by atoms with Gasteiger partial charge in [0.2, 0.25) is 0 Å². The van der Waals surface area contributed by atoms with E-state index in [-0.39, 0.29) is 0 Å². The number of amides is 1. The summed E-state index contributed by atoms with van der Waals surface area (Å²) in [4.78, 5) is 19.5. The normalized spacial score (nSPS) is 11.4. The number of carbonyl (C=O) groups excluding carboxylic acids is 1. The number of hydroxylamine groups is 1. The summed E-state index contributed by atoms with van der Waals surface area (Å²) in [5.74, 6) is -7.05. The predicted octanol–water partition coefficient (Wildman–Crippen LogP) is 4.21. The number of carbonyl (C=O) groups is 1. The minimum Gasteiger partial charge on any atom is -0.336 e. The molecule has 0 spiro atoms. The number of hydrogen-bond donors (Lipinski definition) is 2. The average Bonchev–Trinajstić information content (AvgIpc) is 2.55. The molecule has 1 amide bonds. The van der Waals surface area contributed by atoms with Gasteiger partial charge in [-0.1, -0.05) is 11.6 Å². The molecule has 1 aromatic carbocycles. The minimum atomic E-state index is -4.73. The molecule has 140 valence electrons. The summed E-state index contributed by atoms with van der Waals surface area (Å²) in [5, 5.41) is 1.49. The van der Waals surface area contributed by atoms with Crippen molar-refractivity contribution in [3.05, 3.63) is 51.9 Å². The second-order valence-corrected chi connectivity index (χ2v) is 5.13. The lowest BCUT2D eigenvalue weighted by Gasteiger charge is -2.15. The zero-order valence-corrected chi connectivity index (χ0v) is 13.4. The first-order chi connectivity index (χ1) is 12.1. The van der Waals surface area contributed by atoms with Gasteiger partial charge in [-0.2, -0.15) is 13.2 Å². The molecule has 0 aliphatic carbocycles. The molecule has 0 aliphatic rings. The van der Waals surface area contributed by atoms with E-state index in [0.717, 1.165) is 7.11 Å². The van der Waals surface area contributed by atoms with Crippen molar-refractivity contribution in [1.82, 2.24) is 10.5 Å². The van der Waals surface area contributed by atoms with Gasteiger partial charge in [-0.15, -0.1) is 0 Å². The van der Waals surface area contributed by atoms with E-state index in [2.05, 4.69) is 15.1 Å². The summed E-state index contributed by atoms with van der Waals surface area (Å²) in [6.07, 6.45) is -4.34. The fourth-order valence-corrected chi connectivity index (χ4v) is 2.06. The van der Waals surface area contributed by atoms with E-state index in [0.29, 0.717) is 18.3 Å². The zero-order valence-electron chi connectivity index (χ0n) is 12.6. The first-order valence-electron chi connectivity index (χ1n) is 6.56. The monoisotopic (exact) mass is 399 g/mol. The van der Waals surface area contributed by atoms with Crippen molar-refractivity contribution in [3.8, 4) is 0 Å². The maximum atomic E-state index is 14.1. The molecule has 0 bridgehead atoms. The van der Waals surface area contributed by atoms with Crippen LogP contribution >= 0.6 is 11.6 Å². The Bertz CT molecular complexity index is 860. The third kappa shape index (κ3) is 3.99. The van der Waals surface area contributed by atoms with Gasteiger partial charge < -0.3 is 5.32 Å². The van der Waals surface area contributed by atoms with Crippen LogP contribution in [0.5, 0.6) is 0 Å². The van der Waals surface area contributed by atoms with E-state index in [9.17, 15) is 31.1 Å². The Kier molecular flexibility index (Phi) is 5.62. The molecule has 2 rings (SSSR count). The average molecular weight is 400 g/mol. The van der Waals surface area contributed by atoms with Gasteiger partial charge in [0, 0.05) is 6.20 Å². The van der Waals surface area contributed by atoms with Crippen LogP contribution in [0.4, 0.5) is 37.8 Å². The van der Waals surface area contributed by atoms with Gasteiger partial charge in [-0.3, -0.25) is 9.63 Å². The summed E-state index contributed by atoms with van der Waals surface area (Å²) in [6.45, 7) is 0. The van der Waals surface area contributed by atoms with Gasteiger partial charge in [-0.05, 0) is 12.1 Å². The minimum absolute atomic E-state index is 0.368. The van der Waals surface area contributed by atoms with Crippen molar-refractivity contribution in [2.75, 3.05) is 12.4 Å². The molecule has 1 aromatic heterocycles. The third-order valence-corrected chi connectivity index (χ3v) is 3.30.